The molecule has 0 N–H and O–H groups in total. The van der Waals surface area contributed by atoms with E-state index >= 15 is 0 Å². The topological polar surface area (TPSA) is 125 Å². The maximum Gasteiger partial charge on any atom is 0.421 e. The summed E-state index contributed by atoms with van der Waals surface area (Å²) in [5.74, 6) is -1.59. The van der Waals surface area contributed by atoms with Crippen LogP contribution >= 0.6 is 22.7 Å². The van der Waals surface area contributed by atoms with E-state index in [9.17, 15) is 24.0 Å². The van der Waals surface area contributed by atoms with Gasteiger partial charge in [-0.3, -0.25) is 19.2 Å². The quantitative estimate of drug-likeness (QED) is 0.0975. The molecule has 3 heterocycles. The summed E-state index contributed by atoms with van der Waals surface area (Å²) < 4.78 is 8.17. The lowest BCUT2D eigenvalue weighted by molar-refractivity contribution is 0.0975. The van der Waals surface area contributed by atoms with Crippen LogP contribution in [-0.2, 0) is 11.3 Å². The third-order valence-electron chi connectivity index (χ3n) is 11.4. The van der Waals surface area contributed by atoms with Crippen molar-refractivity contribution in [3.05, 3.63) is 176 Å². The number of allylic oxidation sites excluding steroid dienone is 2. The Hall–Kier alpha value is -7.73. The molecule has 0 amide bonds. The molecular weight excluding hydrogens is 803 g/mol. The second-order valence-electron chi connectivity index (χ2n) is 15.1. The fourth-order valence-corrected chi connectivity index (χ4v) is 10.6. The highest BCUT2D eigenvalue weighted by atomic mass is 32.1. The van der Waals surface area contributed by atoms with Crippen molar-refractivity contribution in [2.75, 3.05) is 0 Å². The number of nitrogens with zero attached hydrogens (tertiary/aromatic N) is 3. The van der Waals surface area contributed by atoms with Gasteiger partial charge >= 0.3 is 6.09 Å². The molecule has 0 bridgehead atoms. The van der Waals surface area contributed by atoms with Crippen LogP contribution < -0.4 is 0 Å². The standard InChI is InChI=1S/C50H25N3O6S2/c54-42-34-18-30-14-26-10-4-5-11-27(26)15-31(30)19-35(34)43(55)38(42)22-40-51-48-46(60-40)47-49(53(48)50(58)59-24-25-8-2-1-3-9-25)52-41(61-47)23-39-44(56)36-20-32-16-28-12-6-7-13-29(28)17-33(32)21-37(36)45(39)57/h1-23H,24H2. The van der Waals surface area contributed by atoms with Crippen LogP contribution in [0.2, 0.25) is 0 Å². The molecule has 61 heavy (non-hydrogen) atoms. The van der Waals surface area contributed by atoms with E-state index < -0.39 is 29.2 Å². The number of aromatic nitrogens is 3. The lowest BCUT2D eigenvalue weighted by atomic mass is 9.99. The number of fused-ring (bicyclic) bond motifs is 9. The van der Waals surface area contributed by atoms with E-state index in [4.69, 9.17) is 14.7 Å². The zero-order chi connectivity index (χ0) is 41.1. The number of Topliss-reactive ketones (excluding diaryl/α,β-unsaturated/α-hetero) is 4. The largest absolute Gasteiger partial charge is 0.444 e. The zero-order valence-electron chi connectivity index (χ0n) is 31.6. The van der Waals surface area contributed by atoms with Crippen LogP contribution in [0.4, 0.5) is 4.79 Å². The first-order valence-electron chi connectivity index (χ1n) is 19.3. The van der Waals surface area contributed by atoms with Crippen molar-refractivity contribution < 1.29 is 28.7 Å². The van der Waals surface area contributed by atoms with E-state index in [0.29, 0.717) is 41.7 Å². The van der Waals surface area contributed by atoms with Gasteiger partial charge in [-0.15, -0.1) is 22.7 Å². The van der Waals surface area contributed by atoms with Gasteiger partial charge in [-0.05, 0) is 109 Å². The third kappa shape index (κ3) is 5.48. The molecule has 11 heteroatoms. The summed E-state index contributed by atoms with van der Waals surface area (Å²) in [6, 6.07) is 40.2. The summed E-state index contributed by atoms with van der Waals surface area (Å²) in [5.41, 5.74) is 2.55. The van der Waals surface area contributed by atoms with E-state index in [1.54, 1.807) is 24.3 Å². The second kappa shape index (κ2) is 13.1. The molecule has 0 spiro atoms. The zero-order valence-corrected chi connectivity index (χ0v) is 33.2. The van der Waals surface area contributed by atoms with Crippen molar-refractivity contribution in [3.63, 3.8) is 0 Å². The van der Waals surface area contributed by atoms with Crippen LogP contribution in [0.3, 0.4) is 0 Å². The van der Waals surface area contributed by atoms with Gasteiger partial charge in [0.05, 0.1) is 20.5 Å². The highest BCUT2D eigenvalue weighted by molar-refractivity contribution is 7.27. The van der Waals surface area contributed by atoms with Crippen LogP contribution in [-0.4, -0.2) is 43.8 Å². The van der Waals surface area contributed by atoms with Gasteiger partial charge in [0.2, 0.25) is 0 Å². The molecular formula is C50H25N3O6S2. The van der Waals surface area contributed by atoms with Gasteiger partial charge in [0, 0.05) is 22.3 Å². The fraction of sp³-hybridized carbons (Fsp3) is 0.0200. The second-order valence-corrected chi connectivity index (χ2v) is 17.2. The highest BCUT2D eigenvalue weighted by Gasteiger charge is 2.36. The predicted molar refractivity (Wildman–Crippen MR) is 239 cm³/mol. The molecule has 2 aliphatic carbocycles. The summed E-state index contributed by atoms with van der Waals surface area (Å²) >= 11 is 2.40. The number of benzene rings is 7. The third-order valence-corrected chi connectivity index (χ3v) is 13.6. The van der Waals surface area contributed by atoms with Gasteiger partial charge in [0.1, 0.15) is 16.6 Å². The molecule has 10 aromatic rings. The summed E-state index contributed by atoms with van der Waals surface area (Å²) in [7, 11) is 0. The molecule has 9 nitrogen and oxygen atoms in total. The molecule has 7 aromatic carbocycles. The van der Waals surface area contributed by atoms with Crippen LogP contribution in [0.5, 0.6) is 0 Å². The van der Waals surface area contributed by atoms with Crippen molar-refractivity contribution in [3.8, 4) is 0 Å². The van der Waals surface area contributed by atoms with Gasteiger partial charge in [-0.2, -0.15) is 0 Å². The molecule has 288 valence electrons. The number of hydrogen-bond donors (Lipinski definition) is 0. The maximum atomic E-state index is 13.9. The summed E-state index contributed by atoms with van der Waals surface area (Å²) in [4.78, 5) is 78.8. The smallest absolute Gasteiger partial charge is 0.421 e. The maximum absolute atomic E-state index is 13.9. The van der Waals surface area contributed by atoms with E-state index in [1.807, 2.05) is 103 Å². The average Bonchev–Trinajstić information content (AvgIpc) is 4.05. The molecule has 0 atom stereocenters. The number of carbonyl (C=O) groups is 5. The van der Waals surface area contributed by atoms with Crippen molar-refractivity contribution in [2.24, 2.45) is 0 Å². The number of hydrogen-bond acceptors (Lipinski definition) is 10. The first-order chi connectivity index (χ1) is 29.8. The number of thiazole rings is 2. The normalized spacial score (nSPS) is 13.8. The molecule has 2 aliphatic rings. The van der Waals surface area contributed by atoms with Crippen LogP contribution in [0.15, 0.2) is 139 Å². The van der Waals surface area contributed by atoms with E-state index in [-0.39, 0.29) is 29.0 Å². The molecule has 12 rings (SSSR count). The Morgan fingerprint density at radius 3 is 1.23 bits per heavy atom. The first-order valence-corrected chi connectivity index (χ1v) is 21.0. The van der Waals surface area contributed by atoms with Crippen molar-refractivity contribution in [1.29, 1.82) is 0 Å². The van der Waals surface area contributed by atoms with Crippen molar-refractivity contribution >= 4 is 128 Å². The van der Waals surface area contributed by atoms with Gasteiger partial charge in [0.25, 0.3) is 0 Å². The summed E-state index contributed by atoms with van der Waals surface area (Å²) in [6.07, 6.45) is 2.22. The van der Waals surface area contributed by atoms with E-state index in [0.717, 1.165) is 48.7 Å². The number of ether oxygens (including phenoxy) is 1. The summed E-state index contributed by atoms with van der Waals surface area (Å²) in [5, 5.41) is 8.21. The van der Waals surface area contributed by atoms with Crippen LogP contribution in [0.25, 0.3) is 75.9 Å². The molecule has 3 aromatic heterocycles. The predicted octanol–water partition coefficient (Wildman–Crippen LogP) is 11.4. The molecule has 0 radical (unpaired) electrons. The van der Waals surface area contributed by atoms with Gasteiger partial charge in [-0.25, -0.2) is 19.3 Å². The lowest BCUT2D eigenvalue weighted by Crippen LogP contribution is -2.14. The number of ketones is 4. The Balaban J connectivity index is 0.943. The van der Waals surface area contributed by atoms with Gasteiger partial charge < -0.3 is 4.74 Å². The Labute approximate surface area is 352 Å². The molecule has 0 aliphatic heterocycles. The monoisotopic (exact) mass is 827 g/mol. The molecule has 0 saturated carbocycles. The van der Waals surface area contributed by atoms with E-state index in [2.05, 4.69) is 0 Å². The van der Waals surface area contributed by atoms with Gasteiger partial charge in [-0.1, -0.05) is 78.9 Å². The SMILES string of the molecule is O=C1C(=Cc2nc3c(s2)c2sc(C=C4C(=O)c5cc6cc7ccccc7cc6cc5C4=O)nc2n3C(=O)OCc2ccccc2)C(=O)c2cc3cc4ccccc4cc3cc21. The fourth-order valence-electron chi connectivity index (χ4n) is 8.47. The highest BCUT2D eigenvalue weighted by Crippen LogP contribution is 2.41. The molecule has 0 saturated heterocycles. The Morgan fingerprint density at radius 1 is 0.492 bits per heavy atom. The molecule has 0 unspecified atom stereocenters. The van der Waals surface area contributed by atoms with Gasteiger partial charge in [0.15, 0.2) is 34.4 Å². The minimum absolute atomic E-state index is 0.0146. The van der Waals surface area contributed by atoms with Crippen LogP contribution in [0, 0.1) is 0 Å². The van der Waals surface area contributed by atoms with E-state index in [1.165, 1.54) is 39.4 Å². The number of rotatable bonds is 4. The van der Waals surface area contributed by atoms with Crippen molar-refractivity contribution in [1.82, 2.24) is 14.5 Å². The summed E-state index contributed by atoms with van der Waals surface area (Å²) in [6.45, 7) is -0.0146. The Morgan fingerprint density at radius 2 is 0.852 bits per heavy atom. The minimum Gasteiger partial charge on any atom is -0.444 e. The van der Waals surface area contributed by atoms with Crippen LogP contribution in [0.1, 0.15) is 57.0 Å². The Kier molecular flexibility index (Phi) is 7.59. The number of carbonyl (C=O) groups excluding carboxylic acids is 5. The lowest BCUT2D eigenvalue weighted by Gasteiger charge is -2.06. The first kappa shape index (κ1) is 35.2. The Bertz CT molecular complexity index is 3390. The average molecular weight is 828 g/mol. The van der Waals surface area contributed by atoms with Crippen molar-refractivity contribution in [2.45, 2.75) is 6.61 Å². The molecule has 0 fully saturated rings. The minimum atomic E-state index is -0.739.